The second-order valence-electron chi connectivity index (χ2n) is 8.59. The predicted molar refractivity (Wildman–Crippen MR) is 149 cm³/mol. The van der Waals surface area contributed by atoms with Gasteiger partial charge in [-0.25, -0.2) is 0 Å². The molecule has 0 fully saturated rings. The lowest BCUT2D eigenvalue weighted by Crippen LogP contribution is -2.27. The van der Waals surface area contributed by atoms with Gasteiger partial charge in [0.05, 0.1) is 16.4 Å². The molecule has 0 heterocycles. The summed E-state index contributed by atoms with van der Waals surface area (Å²) >= 11 is 13.2. The molecule has 0 aromatic heterocycles. The zero-order valence-corrected chi connectivity index (χ0v) is 22.8. The molecule has 0 bridgehead atoms. The van der Waals surface area contributed by atoms with Crippen LogP contribution in [0.4, 0.5) is 11.4 Å². The first-order chi connectivity index (χ1) is 16.1. The van der Waals surface area contributed by atoms with Crippen LogP contribution in [-0.2, 0) is 6.54 Å². The molecule has 0 aliphatic heterocycles. The van der Waals surface area contributed by atoms with Crippen molar-refractivity contribution in [2.75, 3.05) is 44.9 Å². The van der Waals surface area contributed by atoms with Crippen LogP contribution < -0.4 is 26.8 Å². The number of anilines is 2. The Bertz CT molecular complexity index is 883. The Kier molecular flexibility index (Phi) is 13.2. The number of nitrogens with two attached hydrogens (primary N) is 2. The van der Waals surface area contributed by atoms with E-state index in [1.54, 1.807) is 0 Å². The van der Waals surface area contributed by atoms with Crippen molar-refractivity contribution in [3.05, 3.63) is 64.9 Å². The molecule has 0 spiro atoms. The Labute approximate surface area is 215 Å². The van der Waals surface area contributed by atoms with Gasteiger partial charge in [-0.15, -0.1) is 11.6 Å². The number of hydrogen-bond donors (Lipinski definition) is 4. The first-order valence-corrected chi connectivity index (χ1v) is 12.3. The van der Waals surface area contributed by atoms with Crippen molar-refractivity contribution in [2.45, 2.75) is 38.6 Å². The van der Waals surface area contributed by atoms with Gasteiger partial charge in [0, 0.05) is 23.9 Å². The van der Waals surface area contributed by atoms with Gasteiger partial charge >= 0.3 is 0 Å². The Morgan fingerprint density at radius 3 is 2.24 bits per heavy atom. The minimum atomic E-state index is -0.512. The molecule has 190 valence electrons. The monoisotopic (exact) mass is 509 g/mol. The van der Waals surface area contributed by atoms with Crippen molar-refractivity contribution in [1.82, 2.24) is 4.90 Å². The maximum atomic E-state index is 6.66. The molecule has 1 unspecified atom stereocenters. The van der Waals surface area contributed by atoms with E-state index < -0.39 is 4.87 Å². The minimum absolute atomic E-state index is 0.0733. The second-order valence-corrected chi connectivity index (χ2v) is 9.97. The lowest BCUT2D eigenvalue weighted by Gasteiger charge is -2.28. The predicted octanol–water partition coefficient (Wildman–Crippen LogP) is 5.64. The molecule has 0 saturated heterocycles. The van der Waals surface area contributed by atoms with Crippen LogP contribution in [0.1, 0.15) is 32.8 Å². The maximum Gasteiger partial charge on any atom is 0.165 e. The average Bonchev–Trinajstić information content (AvgIpc) is 2.80. The number of ether oxygens (including phenoxy) is 1. The molecule has 6 nitrogen and oxygen atoms in total. The summed E-state index contributed by atoms with van der Waals surface area (Å²) in [6.07, 6.45) is 0.780. The van der Waals surface area contributed by atoms with Gasteiger partial charge in [-0.05, 0) is 59.1 Å². The number of benzene rings is 2. The fraction of sp³-hybridized carbons (Fsp3) is 0.462. The highest BCUT2D eigenvalue weighted by Gasteiger charge is 2.30. The van der Waals surface area contributed by atoms with E-state index in [0.717, 1.165) is 24.3 Å². The van der Waals surface area contributed by atoms with E-state index in [-0.39, 0.29) is 5.92 Å². The molecule has 0 radical (unpaired) electrons. The van der Waals surface area contributed by atoms with Crippen molar-refractivity contribution in [3.8, 4) is 5.75 Å². The van der Waals surface area contributed by atoms with Crippen LogP contribution in [0.5, 0.6) is 5.75 Å². The van der Waals surface area contributed by atoms with Crippen molar-refractivity contribution in [2.24, 2.45) is 17.4 Å². The molecule has 0 amide bonds. The van der Waals surface area contributed by atoms with Crippen LogP contribution >= 0.6 is 23.2 Å². The molecule has 34 heavy (non-hydrogen) atoms. The number of nitrogens with zero attached hydrogens (tertiary/aromatic N) is 1. The van der Waals surface area contributed by atoms with Crippen LogP contribution in [-0.4, -0.2) is 44.1 Å². The van der Waals surface area contributed by atoms with E-state index in [4.69, 9.17) is 33.7 Å². The average molecular weight is 511 g/mol. The van der Waals surface area contributed by atoms with Crippen molar-refractivity contribution in [3.63, 3.8) is 0 Å². The van der Waals surface area contributed by atoms with E-state index in [1.807, 2.05) is 71.3 Å². The number of hydrogen-bond acceptors (Lipinski definition) is 6. The van der Waals surface area contributed by atoms with Crippen LogP contribution in [0, 0.1) is 5.92 Å². The van der Waals surface area contributed by atoms with E-state index >= 15 is 0 Å². The minimum Gasteiger partial charge on any atom is -0.488 e. The highest BCUT2D eigenvalue weighted by molar-refractivity contribution is 6.32. The lowest BCUT2D eigenvalue weighted by molar-refractivity contribution is 0.263. The number of rotatable bonds is 12. The number of halogens is 2. The molecule has 6 N–H and O–H groups in total. The van der Waals surface area contributed by atoms with Gasteiger partial charge in [0.25, 0.3) is 0 Å². The SMILES string of the molecule is CCC(/C(Cl)=C(\N)Nc1cccc(NCc2ccccc2)c1OCCN(C)C)C(C)(C)Cl.CN. The highest BCUT2D eigenvalue weighted by Crippen LogP contribution is 2.38. The molecule has 2 rings (SSSR count). The topological polar surface area (TPSA) is 88.6 Å². The summed E-state index contributed by atoms with van der Waals surface area (Å²) in [6, 6.07) is 16.1. The van der Waals surface area contributed by atoms with Gasteiger partial charge in [-0.2, -0.15) is 0 Å². The van der Waals surface area contributed by atoms with Crippen LogP contribution in [0.15, 0.2) is 59.4 Å². The summed E-state index contributed by atoms with van der Waals surface area (Å²) in [7, 11) is 5.53. The largest absolute Gasteiger partial charge is 0.488 e. The smallest absolute Gasteiger partial charge is 0.165 e. The maximum absolute atomic E-state index is 6.66. The third-order valence-corrected chi connectivity index (χ3v) is 5.93. The fourth-order valence-electron chi connectivity index (χ4n) is 3.41. The van der Waals surface area contributed by atoms with Crippen molar-refractivity contribution in [1.29, 1.82) is 0 Å². The summed E-state index contributed by atoms with van der Waals surface area (Å²) in [6.45, 7) is 7.95. The number of likely N-dealkylation sites (N-methyl/N-ethyl adjacent to an activating group) is 1. The summed E-state index contributed by atoms with van der Waals surface area (Å²) in [4.78, 5) is 1.56. The van der Waals surface area contributed by atoms with Crippen LogP contribution in [0.2, 0.25) is 0 Å². The van der Waals surface area contributed by atoms with E-state index in [2.05, 4.69) is 33.4 Å². The summed E-state index contributed by atoms with van der Waals surface area (Å²) in [5.74, 6) is 1.01. The van der Waals surface area contributed by atoms with E-state index in [0.29, 0.717) is 29.8 Å². The van der Waals surface area contributed by atoms with Gasteiger partial charge in [-0.3, -0.25) is 0 Å². The summed E-state index contributed by atoms with van der Waals surface area (Å²) < 4.78 is 6.19. The first-order valence-electron chi connectivity index (χ1n) is 11.5. The summed E-state index contributed by atoms with van der Waals surface area (Å²) in [5, 5.41) is 7.26. The van der Waals surface area contributed by atoms with E-state index in [1.165, 1.54) is 12.6 Å². The van der Waals surface area contributed by atoms with Crippen molar-refractivity contribution >= 4 is 34.6 Å². The van der Waals surface area contributed by atoms with Gasteiger partial charge in [0.1, 0.15) is 12.4 Å². The summed E-state index contributed by atoms with van der Waals surface area (Å²) in [5.41, 5.74) is 13.7. The Balaban J connectivity index is 0.00000281. The third kappa shape index (κ3) is 9.63. The number of alkyl halides is 1. The number of allylic oxidation sites excluding steroid dienone is 1. The first kappa shape index (κ1) is 29.9. The highest BCUT2D eigenvalue weighted by atomic mass is 35.5. The van der Waals surface area contributed by atoms with Crippen molar-refractivity contribution < 1.29 is 4.74 Å². The lowest BCUT2D eigenvalue weighted by atomic mass is 9.91. The standard InChI is InChI=1S/C25H36Cl2N4O.CH5N/c1-6-19(25(2,3)27)22(26)24(28)30-21-14-10-13-20(23(21)32-16-15-31(4)5)29-17-18-11-8-7-9-12-18;1-2/h7-14,19,29-30H,6,15-17,28H2,1-5H3;2H2,1H3/b24-22-;. The molecule has 0 aliphatic rings. The van der Waals surface area contributed by atoms with Gasteiger partial charge in [0.15, 0.2) is 5.75 Å². The molecular formula is C26H41Cl2N5O. The second kappa shape index (κ2) is 15.0. The number of nitrogens with one attached hydrogen (secondary N) is 2. The van der Waals surface area contributed by atoms with E-state index in [9.17, 15) is 0 Å². The van der Waals surface area contributed by atoms with Gasteiger partial charge in [0.2, 0.25) is 0 Å². The Morgan fingerprint density at radius 1 is 1.06 bits per heavy atom. The van der Waals surface area contributed by atoms with Crippen LogP contribution in [0.25, 0.3) is 0 Å². The molecule has 1 atom stereocenters. The molecule has 0 saturated carbocycles. The zero-order valence-electron chi connectivity index (χ0n) is 21.3. The van der Waals surface area contributed by atoms with Gasteiger partial charge in [-0.1, -0.05) is 54.9 Å². The molecule has 2 aromatic rings. The normalized spacial score (nSPS) is 12.9. The number of para-hydroxylation sites is 1. The molecule has 2 aromatic carbocycles. The quantitative estimate of drug-likeness (QED) is 0.277. The Hall–Kier alpha value is -2.12. The fourth-order valence-corrected chi connectivity index (χ4v) is 4.21. The Morgan fingerprint density at radius 2 is 1.68 bits per heavy atom. The molecule has 8 heteroatoms. The third-order valence-electron chi connectivity index (χ3n) is 5.20. The van der Waals surface area contributed by atoms with Gasteiger partial charge < -0.3 is 31.7 Å². The zero-order chi connectivity index (χ0) is 25.7. The molecular weight excluding hydrogens is 469 g/mol. The molecule has 0 aliphatic carbocycles. The van der Waals surface area contributed by atoms with Crippen LogP contribution in [0.3, 0.4) is 0 Å².